The maximum atomic E-state index is 12.4. The molecule has 0 unspecified atom stereocenters. The number of hydrogen-bond donors (Lipinski definition) is 3. The molecule has 0 aliphatic carbocycles. The number of aromatic amines is 1. The van der Waals surface area contributed by atoms with E-state index < -0.39 is 5.60 Å². The Balaban J connectivity index is 1.32. The van der Waals surface area contributed by atoms with Crippen molar-refractivity contribution >= 4 is 60.9 Å². The summed E-state index contributed by atoms with van der Waals surface area (Å²) >= 11 is 1.60. The molecule has 0 spiro atoms. The minimum atomic E-state index is -0.506. The van der Waals surface area contributed by atoms with Crippen LogP contribution in [0.3, 0.4) is 0 Å². The zero-order valence-electron chi connectivity index (χ0n) is 21.4. The number of nitrogens with zero attached hydrogens (tertiary/aromatic N) is 4. The second-order valence-electron chi connectivity index (χ2n) is 9.82. The lowest BCUT2D eigenvalue weighted by Crippen LogP contribution is -2.39. The van der Waals surface area contributed by atoms with E-state index in [0.29, 0.717) is 26.2 Å². The summed E-state index contributed by atoms with van der Waals surface area (Å²) in [6, 6.07) is 8.14. The number of nitrogens with one attached hydrogen (secondary N) is 3. The molecule has 194 valence electrons. The number of fused-ring (bicyclic) bond motifs is 2. The standard InChI is InChI=1S/C26H31N7O3S/c1-26(2,3)36-25(34)33-10-7-16(8-11-33)20-14-18-22(28-15-29-23(18)31-20)30-17-5-6-19-21(13-17)37-24(32-19)27-9-12-35-4/h5-7,13-15H,8-12H2,1-4H3,(H,27,32)(H2,28,29,30,31). The van der Waals surface area contributed by atoms with Crippen LogP contribution in [0.2, 0.25) is 0 Å². The number of H-pyrrole nitrogens is 1. The minimum Gasteiger partial charge on any atom is -0.444 e. The number of rotatable bonds is 7. The molecule has 11 heteroatoms. The molecule has 4 heterocycles. The maximum Gasteiger partial charge on any atom is 0.410 e. The number of amides is 1. The van der Waals surface area contributed by atoms with Gasteiger partial charge in [-0.15, -0.1) is 0 Å². The van der Waals surface area contributed by atoms with Crippen LogP contribution < -0.4 is 10.6 Å². The van der Waals surface area contributed by atoms with E-state index in [2.05, 4.69) is 48.8 Å². The summed E-state index contributed by atoms with van der Waals surface area (Å²) in [7, 11) is 1.68. The lowest BCUT2D eigenvalue weighted by atomic mass is 10.1. The van der Waals surface area contributed by atoms with Gasteiger partial charge in [0, 0.05) is 38.1 Å². The molecular formula is C26H31N7O3S. The van der Waals surface area contributed by atoms with Crippen molar-refractivity contribution in [1.29, 1.82) is 0 Å². The topological polar surface area (TPSA) is 117 Å². The number of carbonyl (C=O) groups excluding carboxylic acids is 1. The highest BCUT2D eigenvalue weighted by Gasteiger charge is 2.24. The summed E-state index contributed by atoms with van der Waals surface area (Å²) in [4.78, 5) is 31.1. The average molecular weight is 522 g/mol. The molecule has 1 amide bonds. The number of carbonyl (C=O) groups is 1. The van der Waals surface area contributed by atoms with Gasteiger partial charge < -0.3 is 30.0 Å². The number of ether oxygens (including phenoxy) is 2. The van der Waals surface area contributed by atoms with Crippen LogP contribution in [0.25, 0.3) is 26.8 Å². The highest BCUT2D eigenvalue weighted by Crippen LogP contribution is 2.32. The second-order valence-corrected chi connectivity index (χ2v) is 10.9. The van der Waals surface area contributed by atoms with E-state index in [1.807, 2.05) is 32.9 Å². The van der Waals surface area contributed by atoms with Crippen LogP contribution in [-0.4, -0.2) is 69.9 Å². The molecule has 0 atom stereocenters. The van der Waals surface area contributed by atoms with Crippen LogP contribution >= 0.6 is 11.3 Å². The summed E-state index contributed by atoms with van der Waals surface area (Å²) in [5.74, 6) is 0.724. The van der Waals surface area contributed by atoms with Gasteiger partial charge in [-0.1, -0.05) is 17.4 Å². The van der Waals surface area contributed by atoms with Crippen molar-refractivity contribution in [3.05, 3.63) is 42.4 Å². The molecule has 0 bridgehead atoms. The fourth-order valence-corrected chi connectivity index (χ4v) is 5.02. The van der Waals surface area contributed by atoms with Crippen molar-refractivity contribution < 1.29 is 14.3 Å². The second kappa shape index (κ2) is 10.3. The van der Waals surface area contributed by atoms with Crippen molar-refractivity contribution in [2.45, 2.75) is 32.8 Å². The van der Waals surface area contributed by atoms with E-state index in [9.17, 15) is 4.79 Å². The van der Waals surface area contributed by atoms with Gasteiger partial charge in [0.25, 0.3) is 0 Å². The van der Waals surface area contributed by atoms with Crippen LogP contribution in [0.15, 0.2) is 36.7 Å². The summed E-state index contributed by atoms with van der Waals surface area (Å²) < 4.78 is 11.7. The predicted molar refractivity (Wildman–Crippen MR) is 148 cm³/mol. The summed E-state index contributed by atoms with van der Waals surface area (Å²) in [6.07, 6.45) is 4.06. The van der Waals surface area contributed by atoms with Gasteiger partial charge in [-0.25, -0.2) is 19.7 Å². The maximum absolute atomic E-state index is 12.4. The molecule has 37 heavy (non-hydrogen) atoms. The molecule has 1 aliphatic rings. The van der Waals surface area contributed by atoms with Gasteiger partial charge in [-0.05, 0) is 57.0 Å². The highest BCUT2D eigenvalue weighted by atomic mass is 32.1. The molecule has 3 N–H and O–H groups in total. The molecule has 0 radical (unpaired) electrons. The largest absolute Gasteiger partial charge is 0.444 e. The van der Waals surface area contributed by atoms with E-state index >= 15 is 0 Å². The molecule has 0 saturated heterocycles. The first kappa shape index (κ1) is 25.0. The molecule has 10 nitrogen and oxygen atoms in total. The summed E-state index contributed by atoms with van der Waals surface area (Å²) in [6.45, 7) is 8.08. The lowest BCUT2D eigenvalue weighted by Gasteiger charge is -2.29. The van der Waals surface area contributed by atoms with Crippen molar-refractivity contribution in [3.8, 4) is 0 Å². The first-order valence-electron chi connectivity index (χ1n) is 12.2. The van der Waals surface area contributed by atoms with Gasteiger partial charge in [-0.3, -0.25) is 0 Å². The van der Waals surface area contributed by atoms with Crippen LogP contribution in [0.5, 0.6) is 0 Å². The Morgan fingerprint density at radius 1 is 1.24 bits per heavy atom. The van der Waals surface area contributed by atoms with Crippen molar-refractivity contribution in [1.82, 2.24) is 24.8 Å². The van der Waals surface area contributed by atoms with Gasteiger partial charge in [0.2, 0.25) is 0 Å². The Kier molecular flexibility index (Phi) is 6.98. The Hall–Kier alpha value is -3.70. The van der Waals surface area contributed by atoms with Crippen LogP contribution in [0, 0.1) is 0 Å². The van der Waals surface area contributed by atoms with Crippen molar-refractivity contribution in [2.24, 2.45) is 0 Å². The third-order valence-corrected chi connectivity index (χ3v) is 6.84. The predicted octanol–water partition coefficient (Wildman–Crippen LogP) is 5.39. The number of aromatic nitrogens is 4. The molecule has 0 saturated carbocycles. The van der Waals surface area contributed by atoms with E-state index in [4.69, 9.17) is 9.47 Å². The number of methoxy groups -OCH3 is 1. The highest BCUT2D eigenvalue weighted by molar-refractivity contribution is 7.22. The number of benzene rings is 1. The fourth-order valence-electron chi connectivity index (χ4n) is 4.09. The fraction of sp³-hybridized carbons (Fsp3) is 0.385. The van der Waals surface area contributed by atoms with Crippen LogP contribution in [0.4, 0.5) is 21.4 Å². The summed E-state index contributed by atoms with van der Waals surface area (Å²) in [5, 5.41) is 8.50. The van der Waals surface area contributed by atoms with Gasteiger partial charge in [0.15, 0.2) is 5.13 Å². The van der Waals surface area contributed by atoms with Crippen molar-refractivity contribution in [2.75, 3.05) is 44.0 Å². The van der Waals surface area contributed by atoms with Gasteiger partial charge in [0.1, 0.15) is 23.4 Å². The number of anilines is 3. The van der Waals surface area contributed by atoms with Crippen LogP contribution in [0.1, 0.15) is 32.9 Å². The van der Waals surface area contributed by atoms with Gasteiger partial charge in [0.05, 0.1) is 22.2 Å². The molecule has 4 aromatic rings. The molecular weight excluding hydrogens is 490 g/mol. The lowest BCUT2D eigenvalue weighted by molar-refractivity contribution is 0.0270. The Bertz CT molecular complexity index is 1450. The molecule has 1 aromatic carbocycles. The third kappa shape index (κ3) is 5.83. The van der Waals surface area contributed by atoms with Gasteiger partial charge >= 0.3 is 6.09 Å². The van der Waals surface area contributed by atoms with E-state index in [0.717, 1.165) is 55.6 Å². The third-order valence-electron chi connectivity index (χ3n) is 5.87. The summed E-state index contributed by atoms with van der Waals surface area (Å²) in [5.41, 5.74) is 4.24. The average Bonchev–Trinajstić information content (AvgIpc) is 3.47. The zero-order valence-corrected chi connectivity index (χ0v) is 22.2. The SMILES string of the molecule is COCCNc1nc2ccc(Nc3ncnc4[nH]c(C5=CCN(C(=O)OC(C)(C)C)CC5)cc34)cc2s1. The number of thiazole rings is 1. The quantitative estimate of drug-likeness (QED) is 0.277. The Morgan fingerprint density at radius 2 is 2.11 bits per heavy atom. The zero-order chi connectivity index (χ0) is 26.0. The van der Waals surface area contributed by atoms with Gasteiger partial charge in [-0.2, -0.15) is 0 Å². The smallest absolute Gasteiger partial charge is 0.410 e. The molecule has 1 aliphatic heterocycles. The first-order chi connectivity index (χ1) is 17.8. The van der Waals surface area contributed by atoms with Crippen LogP contribution in [-0.2, 0) is 9.47 Å². The van der Waals surface area contributed by atoms with E-state index in [-0.39, 0.29) is 6.09 Å². The molecule has 0 fully saturated rings. The molecule has 3 aromatic heterocycles. The van der Waals surface area contributed by atoms with E-state index in [1.165, 1.54) is 0 Å². The molecule has 5 rings (SSSR count). The van der Waals surface area contributed by atoms with Crippen molar-refractivity contribution in [3.63, 3.8) is 0 Å². The number of hydrogen-bond acceptors (Lipinski definition) is 9. The normalized spacial score (nSPS) is 14.2. The first-order valence-corrected chi connectivity index (χ1v) is 13.0. The Labute approximate surface area is 219 Å². The Morgan fingerprint density at radius 3 is 2.86 bits per heavy atom. The minimum absolute atomic E-state index is 0.285. The monoisotopic (exact) mass is 521 g/mol. The van der Waals surface area contributed by atoms with E-state index in [1.54, 1.807) is 29.7 Å².